The zero-order chi connectivity index (χ0) is 32.8. The molecule has 46 heavy (non-hydrogen) atoms. The Bertz CT molecular complexity index is 2300. The van der Waals surface area contributed by atoms with Crippen LogP contribution in [-0.2, 0) is 16.6 Å². The topological polar surface area (TPSA) is 213 Å². The van der Waals surface area contributed by atoms with Crippen molar-refractivity contribution < 1.29 is 44.0 Å². The summed E-state index contributed by atoms with van der Waals surface area (Å²) in [5.41, 5.74) is -2.97. The van der Waals surface area contributed by atoms with Crippen molar-refractivity contribution in [3.8, 4) is 17.2 Å². The molecular weight excluding hydrogens is 642 g/mol. The molecule has 0 bridgehead atoms. The van der Waals surface area contributed by atoms with E-state index in [4.69, 9.17) is 16.3 Å². The van der Waals surface area contributed by atoms with Gasteiger partial charge >= 0.3 is 0 Å². The number of ether oxygens (including phenoxy) is 1. The number of rotatable bonds is 4. The minimum Gasteiger partial charge on any atom is -0.507 e. The van der Waals surface area contributed by atoms with E-state index >= 15 is 0 Å². The first-order chi connectivity index (χ1) is 21.9. The van der Waals surface area contributed by atoms with E-state index in [0.717, 1.165) is 24.5 Å². The molecule has 4 aromatic rings. The molecule has 0 unspecified atom stereocenters. The molecule has 7 rings (SSSR count). The maximum absolute atomic E-state index is 14.1. The number of halogens is 1. The van der Waals surface area contributed by atoms with E-state index in [2.05, 4.69) is 15.5 Å². The predicted molar refractivity (Wildman–Crippen MR) is 163 cm³/mol. The van der Waals surface area contributed by atoms with E-state index in [-0.39, 0.29) is 34.9 Å². The molecule has 13 nitrogen and oxygen atoms in total. The summed E-state index contributed by atoms with van der Waals surface area (Å²) >= 11 is 6.90. The Balaban J connectivity index is 1.32. The SMILES string of the molecule is COC1=CC(=O)c2c(O)c3c(c(O)c2C1=O)C(=O)[C@]1(CCc2cc4cc(/C=N/NC(=O)c5ccc(Cl)s5)[nH]c(=O)c4c(O)c21)C3=O. The van der Waals surface area contributed by atoms with Gasteiger partial charge < -0.3 is 25.0 Å². The number of aromatic amines is 1. The van der Waals surface area contributed by atoms with Gasteiger partial charge in [0.25, 0.3) is 11.5 Å². The number of hydrazone groups is 1. The summed E-state index contributed by atoms with van der Waals surface area (Å²) in [6.07, 6.45) is 1.86. The summed E-state index contributed by atoms with van der Waals surface area (Å²) in [5, 5.41) is 37.6. The third-order valence-corrected chi connectivity index (χ3v) is 9.66. The number of aromatic hydroxyl groups is 3. The fourth-order valence-electron chi connectivity index (χ4n) is 6.48. The molecule has 0 fully saturated rings. The maximum Gasteiger partial charge on any atom is 0.281 e. The molecule has 2 aromatic carbocycles. The number of phenolic OH excluding ortho intramolecular Hbond substituents is 3. The van der Waals surface area contributed by atoms with Crippen LogP contribution in [0, 0.1) is 0 Å². The molecule has 5 N–H and O–H groups in total. The number of hydrogen-bond acceptors (Lipinski definition) is 12. The van der Waals surface area contributed by atoms with Crippen LogP contribution in [-0.4, -0.2) is 62.7 Å². The van der Waals surface area contributed by atoms with Gasteiger partial charge in [-0.1, -0.05) is 17.7 Å². The second-order valence-electron chi connectivity index (χ2n) is 10.7. The third-order valence-electron chi connectivity index (χ3n) is 8.43. The Hall–Kier alpha value is -5.60. The number of nitrogens with one attached hydrogen (secondary N) is 2. The minimum atomic E-state index is -2.15. The molecule has 230 valence electrons. The summed E-state index contributed by atoms with van der Waals surface area (Å²) in [7, 11) is 1.12. The molecule has 0 aliphatic heterocycles. The lowest BCUT2D eigenvalue weighted by Gasteiger charge is -2.22. The Morgan fingerprint density at radius 2 is 1.72 bits per heavy atom. The van der Waals surface area contributed by atoms with Crippen molar-refractivity contribution in [2.75, 3.05) is 7.11 Å². The molecule has 2 heterocycles. The Morgan fingerprint density at radius 1 is 1.02 bits per heavy atom. The molecular formula is C31H18ClN3O10S. The predicted octanol–water partition coefficient (Wildman–Crippen LogP) is 3.30. The molecule has 0 radical (unpaired) electrons. The molecule has 0 saturated heterocycles. The van der Waals surface area contributed by atoms with Gasteiger partial charge in [-0.2, -0.15) is 5.10 Å². The molecule has 15 heteroatoms. The number of Topliss-reactive ketones (excluding diaryl/α,β-unsaturated/α-hetero) is 3. The highest BCUT2D eigenvalue weighted by atomic mass is 35.5. The summed E-state index contributed by atoms with van der Waals surface area (Å²) in [5.74, 6) is -7.45. The van der Waals surface area contributed by atoms with Crippen molar-refractivity contribution in [1.29, 1.82) is 0 Å². The van der Waals surface area contributed by atoms with Crippen molar-refractivity contribution in [1.82, 2.24) is 10.4 Å². The van der Waals surface area contributed by atoms with Gasteiger partial charge in [0.2, 0.25) is 5.78 Å². The van der Waals surface area contributed by atoms with Gasteiger partial charge in [-0.3, -0.25) is 28.8 Å². The maximum atomic E-state index is 14.1. The summed E-state index contributed by atoms with van der Waals surface area (Å²) in [4.78, 5) is 82.3. The Morgan fingerprint density at radius 3 is 2.37 bits per heavy atom. The fraction of sp³-hybridized carbons (Fsp3) is 0.129. The lowest BCUT2D eigenvalue weighted by molar-refractivity contribution is 0.0790. The van der Waals surface area contributed by atoms with Crippen molar-refractivity contribution in [2.24, 2.45) is 5.10 Å². The van der Waals surface area contributed by atoms with Gasteiger partial charge in [0.1, 0.15) is 22.7 Å². The average molecular weight is 660 g/mol. The molecule has 1 amide bonds. The van der Waals surface area contributed by atoms with E-state index in [1.165, 1.54) is 24.4 Å². The number of aromatic nitrogens is 1. The van der Waals surface area contributed by atoms with Crippen LogP contribution in [0.2, 0.25) is 4.34 Å². The lowest BCUT2D eigenvalue weighted by atomic mass is 9.76. The number of fused-ring (bicyclic) bond motifs is 5. The molecule has 3 aliphatic rings. The van der Waals surface area contributed by atoms with Crippen molar-refractivity contribution in [3.63, 3.8) is 0 Å². The Kier molecular flexibility index (Phi) is 6.30. The number of carbonyl (C=O) groups excluding carboxylic acids is 5. The van der Waals surface area contributed by atoms with E-state index in [0.29, 0.717) is 14.8 Å². The summed E-state index contributed by atoms with van der Waals surface area (Å²) < 4.78 is 5.33. The average Bonchev–Trinajstić information content (AvgIpc) is 3.68. The Labute approximate surface area is 265 Å². The van der Waals surface area contributed by atoms with Gasteiger partial charge in [0, 0.05) is 11.6 Å². The number of thiophene rings is 1. The zero-order valence-corrected chi connectivity index (χ0v) is 24.9. The monoisotopic (exact) mass is 659 g/mol. The van der Waals surface area contributed by atoms with Crippen LogP contribution in [0.25, 0.3) is 10.8 Å². The highest BCUT2D eigenvalue weighted by Crippen LogP contribution is 2.57. The number of allylic oxidation sites excluding steroid dienone is 2. The summed E-state index contributed by atoms with van der Waals surface area (Å²) in [6.45, 7) is 0. The number of aryl methyl sites for hydroxylation is 1. The van der Waals surface area contributed by atoms with Crippen LogP contribution < -0.4 is 11.0 Å². The smallest absolute Gasteiger partial charge is 0.281 e. The number of phenols is 3. The van der Waals surface area contributed by atoms with Gasteiger partial charge in [0.05, 0.1) is 55.9 Å². The number of pyridine rings is 1. The quantitative estimate of drug-likeness (QED) is 0.0933. The van der Waals surface area contributed by atoms with Crippen molar-refractivity contribution >= 4 is 69.0 Å². The molecule has 1 spiro atoms. The standard InChI is InChI=1S/C31H18ClN3O10S/c1-45-14-8-13(36)18-19(23(14)37)25(39)21-20(24(18)38)27(41)31(28(21)42)5-4-10-6-11-7-12(34-30(44)17(11)26(40)22(10)31)9-33-35-29(43)15-2-3-16(32)46-15/h2-3,6-9,38-40H,4-5H2,1H3,(H,34,44)(H,35,43)/b33-9+/t31-/m0/s1. The molecule has 3 aliphatic carbocycles. The number of benzene rings is 2. The second-order valence-corrected chi connectivity index (χ2v) is 12.5. The number of methoxy groups -OCH3 is 1. The molecule has 1 atom stereocenters. The van der Waals surface area contributed by atoms with Crippen LogP contribution >= 0.6 is 22.9 Å². The first kappa shape index (κ1) is 29.1. The van der Waals surface area contributed by atoms with Gasteiger partial charge in [-0.25, -0.2) is 5.43 Å². The highest BCUT2D eigenvalue weighted by molar-refractivity contribution is 7.18. The van der Waals surface area contributed by atoms with Crippen LogP contribution in [0.5, 0.6) is 17.2 Å². The minimum absolute atomic E-state index is 0.0778. The lowest BCUT2D eigenvalue weighted by Crippen LogP contribution is -2.36. The van der Waals surface area contributed by atoms with Crippen LogP contribution in [0.1, 0.15) is 74.3 Å². The van der Waals surface area contributed by atoms with Crippen LogP contribution in [0.3, 0.4) is 0 Å². The van der Waals surface area contributed by atoms with Gasteiger partial charge in [-0.05, 0) is 42.0 Å². The van der Waals surface area contributed by atoms with Crippen molar-refractivity contribution in [3.05, 3.63) is 94.7 Å². The fourth-order valence-corrected chi connectivity index (χ4v) is 7.41. The first-order valence-electron chi connectivity index (χ1n) is 13.5. The number of ketones is 4. The number of carbonyl (C=O) groups is 5. The van der Waals surface area contributed by atoms with Crippen LogP contribution in [0.15, 0.2) is 46.0 Å². The molecule has 2 aromatic heterocycles. The zero-order valence-electron chi connectivity index (χ0n) is 23.3. The normalized spacial score (nSPS) is 18.3. The number of amides is 1. The number of nitrogens with zero attached hydrogens (tertiary/aromatic N) is 1. The summed E-state index contributed by atoms with van der Waals surface area (Å²) in [6, 6.07) is 6.07. The third kappa shape index (κ3) is 3.77. The molecule has 0 saturated carbocycles. The largest absolute Gasteiger partial charge is 0.507 e. The van der Waals surface area contributed by atoms with E-state index in [1.54, 1.807) is 6.07 Å². The van der Waals surface area contributed by atoms with E-state index < -0.39 is 85.3 Å². The van der Waals surface area contributed by atoms with E-state index in [9.17, 15) is 44.1 Å². The second kappa shape index (κ2) is 9.95. The van der Waals surface area contributed by atoms with Crippen LogP contribution in [0.4, 0.5) is 0 Å². The van der Waals surface area contributed by atoms with E-state index in [1.807, 2.05) is 0 Å². The van der Waals surface area contributed by atoms with Crippen molar-refractivity contribution in [2.45, 2.75) is 18.3 Å². The number of H-pyrrole nitrogens is 1. The first-order valence-corrected chi connectivity index (χ1v) is 14.7. The van der Waals surface area contributed by atoms with Gasteiger partial charge in [-0.15, -0.1) is 11.3 Å². The van der Waals surface area contributed by atoms with Gasteiger partial charge in [0.15, 0.2) is 23.1 Å². The number of hydrogen-bond donors (Lipinski definition) is 5. The highest BCUT2D eigenvalue weighted by Gasteiger charge is 2.61.